The van der Waals surface area contributed by atoms with Crippen molar-refractivity contribution >= 4 is 15.9 Å². The molecule has 3 rings (SSSR count). The normalized spacial score (nSPS) is 18.0. The molecular weight excluding hydrogens is 392 g/mol. The van der Waals surface area contributed by atoms with Crippen molar-refractivity contribution in [3.05, 3.63) is 42.4 Å². The van der Waals surface area contributed by atoms with Gasteiger partial charge in [-0.2, -0.15) is 4.31 Å². The van der Waals surface area contributed by atoms with Crippen molar-refractivity contribution in [3.8, 4) is 5.75 Å². The highest BCUT2D eigenvalue weighted by atomic mass is 32.2. The van der Waals surface area contributed by atoms with Gasteiger partial charge in [0, 0.05) is 31.9 Å². The number of carbonyl (C=O) groups excluding carboxylic acids is 1. The van der Waals surface area contributed by atoms with Crippen LogP contribution in [0.5, 0.6) is 5.75 Å². The van der Waals surface area contributed by atoms with Gasteiger partial charge in [-0.15, -0.1) is 0 Å². The number of piperidine rings is 1. The molecule has 1 aromatic heterocycles. The smallest absolute Gasteiger partial charge is 0.262 e. The van der Waals surface area contributed by atoms with Crippen molar-refractivity contribution in [1.82, 2.24) is 19.2 Å². The average Bonchev–Trinajstić information content (AvgIpc) is 3.24. The van der Waals surface area contributed by atoms with E-state index in [1.165, 1.54) is 10.6 Å². The number of hydrogen-bond acceptors (Lipinski definition) is 5. The van der Waals surface area contributed by atoms with Crippen LogP contribution in [0, 0.1) is 5.92 Å². The molecule has 0 aliphatic carbocycles. The van der Waals surface area contributed by atoms with Crippen LogP contribution in [0.15, 0.2) is 41.8 Å². The minimum absolute atomic E-state index is 0.0311. The summed E-state index contributed by atoms with van der Waals surface area (Å²) in [6, 6.07) is 7.61. The summed E-state index contributed by atoms with van der Waals surface area (Å²) >= 11 is 0. The second kappa shape index (κ2) is 8.96. The number of methoxy groups -OCH3 is 1. The van der Waals surface area contributed by atoms with Crippen LogP contribution in [-0.4, -0.2) is 48.4 Å². The van der Waals surface area contributed by atoms with Crippen LogP contribution in [-0.2, 0) is 21.4 Å². The van der Waals surface area contributed by atoms with E-state index in [9.17, 15) is 13.2 Å². The topological polar surface area (TPSA) is 93.5 Å². The SMILES string of the molecule is COc1cccc(CNC(=O)[C@H]2CCCN(S(=O)(=O)c3cn(C(C)C)cn3)C2)c1. The van der Waals surface area contributed by atoms with Crippen molar-refractivity contribution in [1.29, 1.82) is 0 Å². The molecule has 1 amide bonds. The van der Waals surface area contributed by atoms with E-state index in [0.717, 1.165) is 11.3 Å². The van der Waals surface area contributed by atoms with Crippen LogP contribution in [0.3, 0.4) is 0 Å². The highest BCUT2D eigenvalue weighted by Crippen LogP contribution is 2.24. The van der Waals surface area contributed by atoms with Crippen molar-refractivity contribution in [3.63, 3.8) is 0 Å². The summed E-state index contributed by atoms with van der Waals surface area (Å²) in [5.41, 5.74) is 0.928. The Hall–Kier alpha value is -2.39. The number of carbonyl (C=O) groups is 1. The van der Waals surface area contributed by atoms with Gasteiger partial charge in [-0.1, -0.05) is 12.1 Å². The Morgan fingerprint density at radius 3 is 2.86 bits per heavy atom. The number of aromatic nitrogens is 2. The molecule has 1 atom stereocenters. The molecule has 8 nitrogen and oxygen atoms in total. The molecule has 2 heterocycles. The average molecular weight is 421 g/mol. The van der Waals surface area contributed by atoms with Gasteiger partial charge >= 0.3 is 0 Å². The third kappa shape index (κ3) is 4.97. The van der Waals surface area contributed by atoms with Gasteiger partial charge in [-0.05, 0) is 44.4 Å². The fraction of sp³-hybridized carbons (Fsp3) is 0.500. The minimum Gasteiger partial charge on any atom is -0.497 e. The first kappa shape index (κ1) is 21.3. The van der Waals surface area contributed by atoms with Gasteiger partial charge < -0.3 is 14.6 Å². The predicted molar refractivity (Wildman–Crippen MR) is 109 cm³/mol. The maximum Gasteiger partial charge on any atom is 0.262 e. The Morgan fingerprint density at radius 1 is 1.38 bits per heavy atom. The Labute approximate surface area is 171 Å². The Bertz CT molecular complexity index is 955. The summed E-state index contributed by atoms with van der Waals surface area (Å²) in [5, 5.41) is 2.95. The molecule has 1 aliphatic rings. The fourth-order valence-corrected chi connectivity index (χ4v) is 4.80. The van der Waals surface area contributed by atoms with Crippen molar-refractivity contribution < 1.29 is 17.9 Å². The minimum atomic E-state index is -3.71. The number of sulfonamides is 1. The third-order valence-corrected chi connectivity index (χ3v) is 6.88. The lowest BCUT2D eigenvalue weighted by Crippen LogP contribution is -2.45. The van der Waals surface area contributed by atoms with E-state index in [1.54, 1.807) is 17.9 Å². The van der Waals surface area contributed by atoms with Gasteiger partial charge in [0.15, 0.2) is 5.03 Å². The second-order valence-corrected chi connectivity index (χ2v) is 9.41. The number of hydrogen-bond donors (Lipinski definition) is 1. The number of imidazole rings is 1. The monoisotopic (exact) mass is 420 g/mol. The van der Waals surface area contributed by atoms with Crippen LogP contribution < -0.4 is 10.1 Å². The summed E-state index contributed by atoms with van der Waals surface area (Å²) in [5.74, 6) is 0.212. The first-order valence-electron chi connectivity index (χ1n) is 9.75. The Morgan fingerprint density at radius 2 is 2.17 bits per heavy atom. The van der Waals surface area contributed by atoms with Gasteiger partial charge in [0.25, 0.3) is 10.0 Å². The first-order valence-corrected chi connectivity index (χ1v) is 11.2. The van der Waals surface area contributed by atoms with Crippen LogP contribution in [0.2, 0.25) is 0 Å². The molecule has 0 spiro atoms. The number of rotatable bonds is 7. The molecule has 1 fully saturated rings. The predicted octanol–water partition coefficient (Wildman–Crippen LogP) is 2.19. The zero-order valence-electron chi connectivity index (χ0n) is 17.0. The summed E-state index contributed by atoms with van der Waals surface area (Å²) < 4.78 is 34.2. The molecule has 9 heteroatoms. The molecule has 1 aromatic carbocycles. The van der Waals surface area contributed by atoms with E-state index in [1.807, 2.05) is 38.1 Å². The fourth-order valence-electron chi connectivity index (χ4n) is 3.36. The van der Waals surface area contributed by atoms with Gasteiger partial charge in [0.2, 0.25) is 5.91 Å². The number of ether oxygens (including phenoxy) is 1. The number of nitrogens with zero attached hydrogens (tertiary/aromatic N) is 3. The summed E-state index contributed by atoms with van der Waals surface area (Å²) in [4.78, 5) is 16.7. The number of nitrogens with one attached hydrogen (secondary N) is 1. The molecule has 0 unspecified atom stereocenters. The lowest BCUT2D eigenvalue weighted by atomic mass is 9.99. The molecule has 158 valence electrons. The second-order valence-electron chi connectivity index (χ2n) is 7.52. The van der Waals surface area contributed by atoms with E-state index in [2.05, 4.69) is 10.3 Å². The highest BCUT2D eigenvalue weighted by Gasteiger charge is 2.34. The van der Waals surface area contributed by atoms with E-state index >= 15 is 0 Å². The molecule has 1 aliphatic heterocycles. The molecule has 0 radical (unpaired) electrons. The summed E-state index contributed by atoms with van der Waals surface area (Å²) in [7, 11) is -2.12. The van der Waals surface area contributed by atoms with Crippen molar-refractivity contribution in [2.45, 2.75) is 44.3 Å². The van der Waals surface area contributed by atoms with Crippen molar-refractivity contribution in [2.75, 3.05) is 20.2 Å². The van der Waals surface area contributed by atoms with Crippen LogP contribution in [0.25, 0.3) is 0 Å². The van der Waals surface area contributed by atoms with E-state index < -0.39 is 10.0 Å². The zero-order chi connectivity index (χ0) is 21.0. The Kier molecular flexibility index (Phi) is 6.59. The highest BCUT2D eigenvalue weighted by molar-refractivity contribution is 7.89. The van der Waals surface area contributed by atoms with E-state index in [4.69, 9.17) is 4.74 Å². The lowest BCUT2D eigenvalue weighted by molar-refractivity contribution is -0.126. The van der Waals surface area contributed by atoms with Gasteiger partial charge in [0.1, 0.15) is 5.75 Å². The molecule has 0 saturated carbocycles. The van der Waals surface area contributed by atoms with Crippen LogP contribution in [0.4, 0.5) is 0 Å². The van der Waals surface area contributed by atoms with Crippen LogP contribution >= 0.6 is 0 Å². The molecule has 0 bridgehead atoms. The molecule has 1 saturated heterocycles. The zero-order valence-corrected chi connectivity index (χ0v) is 17.9. The number of benzene rings is 1. The van der Waals surface area contributed by atoms with E-state index in [0.29, 0.717) is 25.9 Å². The molecule has 2 aromatic rings. The first-order chi connectivity index (χ1) is 13.8. The van der Waals surface area contributed by atoms with Crippen LogP contribution in [0.1, 0.15) is 38.3 Å². The van der Waals surface area contributed by atoms with Gasteiger partial charge in [-0.25, -0.2) is 13.4 Å². The third-order valence-electron chi connectivity index (χ3n) is 5.13. The number of amides is 1. The Balaban J connectivity index is 1.63. The molecule has 29 heavy (non-hydrogen) atoms. The quantitative estimate of drug-likeness (QED) is 0.741. The summed E-state index contributed by atoms with van der Waals surface area (Å²) in [6.07, 6.45) is 4.38. The maximum absolute atomic E-state index is 12.9. The lowest BCUT2D eigenvalue weighted by Gasteiger charge is -2.30. The largest absolute Gasteiger partial charge is 0.497 e. The van der Waals surface area contributed by atoms with Gasteiger partial charge in [-0.3, -0.25) is 4.79 Å². The van der Waals surface area contributed by atoms with E-state index in [-0.39, 0.29) is 29.4 Å². The molecule has 1 N–H and O–H groups in total. The maximum atomic E-state index is 12.9. The summed E-state index contributed by atoms with van der Waals surface area (Å²) in [6.45, 7) is 4.86. The molecular formula is C20H28N4O4S. The van der Waals surface area contributed by atoms with Gasteiger partial charge in [0.05, 0.1) is 19.4 Å². The standard InChI is InChI=1S/C20H28N4O4S/c1-15(2)23-13-19(22-14-23)29(26,27)24-9-5-7-17(12-24)20(25)21-11-16-6-4-8-18(10-16)28-3/h4,6,8,10,13-15,17H,5,7,9,11-12H2,1-3H3,(H,21,25)/t17-/m0/s1. The van der Waals surface area contributed by atoms with Crippen molar-refractivity contribution in [2.24, 2.45) is 5.92 Å².